The highest BCUT2D eigenvalue weighted by atomic mass is 32.2. The number of benzene rings is 3. The lowest BCUT2D eigenvalue weighted by Gasteiger charge is -2.30. The molecule has 4 rings (SSSR count). The molecule has 3 aromatic carbocycles. The Labute approximate surface area is 204 Å². The van der Waals surface area contributed by atoms with Crippen molar-refractivity contribution >= 4 is 23.4 Å². The first-order valence-electron chi connectivity index (χ1n) is 10.9. The van der Waals surface area contributed by atoms with Crippen molar-refractivity contribution in [3.05, 3.63) is 118 Å². The number of nitriles is 1. The number of nitrogens with zero attached hydrogens (tertiary/aromatic N) is 1. The average molecular weight is 468 g/mol. The molecule has 0 saturated heterocycles. The molecule has 1 aliphatic rings. The molecule has 1 aliphatic heterocycles. The standard InChI is InChI=1S/C28H25N3O2S/c1-19-25(27(32)31-23-15-9-10-16-24(23)33-2)26(21-13-7-4-8-14-21)22(17-29)28(30-19)34-18-20-11-5-3-6-12-20/h3-16,26,30H,18H2,1-2H3,(H,31,32)/t26-/m1/s1. The Morgan fingerprint density at radius 2 is 1.68 bits per heavy atom. The van der Waals surface area contributed by atoms with Gasteiger partial charge in [-0.05, 0) is 30.2 Å². The molecule has 0 radical (unpaired) electrons. The van der Waals surface area contributed by atoms with E-state index in [0.29, 0.717) is 28.3 Å². The molecular weight excluding hydrogens is 442 g/mol. The Hall–Kier alpha value is -3.95. The van der Waals surface area contributed by atoms with Gasteiger partial charge in [-0.25, -0.2) is 0 Å². The van der Waals surface area contributed by atoms with Crippen molar-refractivity contribution in [1.29, 1.82) is 5.26 Å². The van der Waals surface area contributed by atoms with Crippen LogP contribution in [0.2, 0.25) is 0 Å². The third-order valence-corrected chi connectivity index (χ3v) is 6.69. The Kier molecular flexibility index (Phi) is 7.36. The second kappa shape index (κ2) is 10.8. The van der Waals surface area contributed by atoms with Crippen LogP contribution >= 0.6 is 11.8 Å². The lowest BCUT2D eigenvalue weighted by atomic mass is 9.82. The zero-order valence-corrected chi connectivity index (χ0v) is 19.9. The predicted molar refractivity (Wildman–Crippen MR) is 137 cm³/mol. The smallest absolute Gasteiger partial charge is 0.254 e. The highest BCUT2D eigenvalue weighted by Gasteiger charge is 2.34. The van der Waals surface area contributed by atoms with E-state index in [4.69, 9.17) is 4.74 Å². The number of carbonyl (C=O) groups is 1. The SMILES string of the molecule is COc1ccccc1NC(=O)C1=C(C)NC(SCc2ccccc2)=C(C#N)[C@H]1c1ccccc1. The maximum absolute atomic E-state index is 13.6. The molecule has 0 fully saturated rings. The molecular formula is C28H25N3O2S. The van der Waals surface area contributed by atoms with Gasteiger partial charge < -0.3 is 15.4 Å². The van der Waals surface area contributed by atoms with Gasteiger partial charge in [-0.1, -0.05) is 72.8 Å². The van der Waals surface area contributed by atoms with Crippen LogP contribution in [0.4, 0.5) is 5.69 Å². The number of allylic oxidation sites excluding steroid dienone is 2. The van der Waals surface area contributed by atoms with Crippen LogP contribution in [0.5, 0.6) is 5.75 Å². The van der Waals surface area contributed by atoms with E-state index in [9.17, 15) is 10.1 Å². The fourth-order valence-corrected chi connectivity index (χ4v) is 5.02. The predicted octanol–water partition coefficient (Wildman–Crippen LogP) is 5.96. The van der Waals surface area contributed by atoms with E-state index in [2.05, 4.69) is 28.8 Å². The van der Waals surface area contributed by atoms with Gasteiger partial charge in [-0.15, -0.1) is 11.8 Å². The summed E-state index contributed by atoms with van der Waals surface area (Å²) in [6.45, 7) is 1.88. The zero-order chi connectivity index (χ0) is 23.9. The number of carbonyl (C=O) groups excluding carboxylic acids is 1. The minimum atomic E-state index is -0.486. The number of hydrogen-bond acceptors (Lipinski definition) is 5. The summed E-state index contributed by atoms with van der Waals surface area (Å²) in [4.78, 5) is 13.6. The quantitative estimate of drug-likeness (QED) is 0.448. The van der Waals surface area contributed by atoms with E-state index >= 15 is 0 Å². The summed E-state index contributed by atoms with van der Waals surface area (Å²) in [5.41, 5.74) is 4.39. The first kappa shape index (κ1) is 23.2. The van der Waals surface area contributed by atoms with Crippen LogP contribution in [-0.4, -0.2) is 13.0 Å². The van der Waals surface area contributed by atoms with Crippen LogP contribution in [0.3, 0.4) is 0 Å². The second-order valence-electron chi connectivity index (χ2n) is 7.79. The summed E-state index contributed by atoms with van der Waals surface area (Å²) >= 11 is 1.57. The normalized spacial score (nSPS) is 15.4. The number of amides is 1. The first-order chi connectivity index (χ1) is 16.6. The number of para-hydroxylation sites is 2. The van der Waals surface area contributed by atoms with Crippen molar-refractivity contribution in [2.24, 2.45) is 0 Å². The Balaban J connectivity index is 1.71. The van der Waals surface area contributed by atoms with E-state index < -0.39 is 5.92 Å². The monoisotopic (exact) mass is 467 g/mol. The lowest BCUT2D eigenvalue weighted by molar-refractivity contribution is -0.113. The first-order valence-corrected chi connectivity index (χ1v) is 11.9. The van der Waals surface area contributed by atoms with Crippen LogP contribution < -0.4 is 15.4 Å². The van der Waals surface area contributed by atoms with Crippen molar-refractivity contribution in [1.82, 2.24) is 5.32 Å². The maximum atomic E-state index is 13.6. The third-order valence-electron chi connectivity index (χ3n) is 5.61. The minimum Gasteiger partial charge on any atom is -0.495 e. The van der Waals surface area contributed by atoms with Gasteiger partial charge in [0.2, 0.25) is 0 Å². The number of ether oxygens (including phenoxy) is 1. The number of dihydropyridines is 1. The maximum Gasteiger partial charge on any atom is 0.254 e. The van der Waals surface area contributed by atoms with Gasteiger partial charge in [0, 0.05) is 17.0 Å². The van der Waals surface area contributed by atoms with Gasteiger partial charge in [0.25, 0.3) is 5.91 Å². The van der Waals surface area contributed by atoms with Gasteiger partial charge in [0.05, 0.1) is 35.4 Å². The number of thioether (sulfide) groups is 1. The molecule has 34 heavy (non-hydrogen) atoms. The van der Waals surface area contributed by atoms with E-state index in [1.807, 2.05) is 67.6 Å². The Bertz CT molecular complexity index is 1280. The van der Waals surface area contributed by atoms with Gasteiger partial charge in [-0.3, -0.25) is 4.79 Å². The fourth-order valence-electron chi connectivity index (χ4n) is 3.97. The van der Waals surface area contributed by atoms with Crippen LogP contribution in [-0.2, 0) is 10.5 Å². The molecule has 0 unspecified atom stereocenters. The van der Waals surface area contributed by atoms with Gasteiger partial charge in [0.1, 0.15) is 5.75 Å². The number of nitrogens with one attached hydrogen (secondary N) is 2. The van der Waals surface area contributed by atoms with Crippen LogP contribution in [0, 0.1) is 11.3 Å². The zero-order valence-electron chi connectivity index (χ0n) is 19.0. The summed E-state index contributed by atoms with van der Waals surface area (Å²) in [6.07, 6.45) is 0. The third kappa shape index (κ3) is 5.00. The molecule has 0 aliphatic carbocycles. The Morgan fingerprint density at radius 1 is 1.03 bits per heavy atom. The van der Waals surface area contributed by atoms with E-state index in [0.717, 1.165) is 21.9 Å². The number of anilines is 1. The number of rotatable bonds is 7. The fraction of sp³-hybridized carbons (Fsp3) is 0.143. The highest BCUT2D eigenvalue weighted by molar-refractivity contribution is 8.02. The number of methoxy groups -OCH3 is 1. The summed E-state index contributed by atoms with van der Waals surface area (Å²) < 4.78 is 5.39. The van der Waals surface area contributed by atoms with Gasteiger partial charge >= 0.3 is 0 Å². The van der Waals surface area contributed by atoms with Crippen LogP contribution in [0.15, 0.2) is 107 Å². The molecule has 3 aromatic rings. The average Bonchev–Trinajstić information content (AvgIpc) is 2.88. The molecule has 5 nitrogen and oxygen atoms in total. The van der Waals surface area contributed by atoms with Crippen molar-refractivity contribution in [2.45, 2.75) is 18.6 Å². The second-order valence-corrected chi connectivity index (χ2v) is 8.78. The van der Waals surface area contributed by atoms with Crippen molar-refractivity contribution in [3.63, 3.8) is 0 Å². The molecule has 0 aromatic heterocycles. The molecule has 1 heterocycles. The topological polar surface area (TPSA) is 74.2 Å². The molecule has 1 amide bonds. The molecule has 6 heteroatoms. The van der Waals surface area contributed by atoms with Crippen LogP contribution in [0.1, 0.15) is 24.0 Å². The van der Waals surface area contributed by atoms with E-state index in [1.165, 1.54) is 0 Å². The molecule has 170 valence electrons. The summed E-state index contributed by atoms with van der Waals surface area (Å²) in [6, 6.07) is 29.5. The minimum absolute atomic E-state index is 0.275. The van der Waals surface area contributed by atoms with Gasteiger partial charge in [-0.2, -0.15) is 5.26 Å². The molecule has 0 spiro atoms. The molecule has 0 saturated carbocycles. The van der Waals surface area contributed by atoms with Crippen molar-refractivity contribution in [2.75, 3.05) is 12.4 Å². The number of hydrogen-bond donors (Lipinski definition) is 2. The van der Waals surface area contributed by atoms with Crippen molar-refractivity contribution in [3.8, 4) is 11.8 Å². The van der Waals surface area contributed by atoms with E-state index in [-0.39, 0.29) is 5.91 Å². The summed E-state index contributed by atoms with van der Waals surface area (Å²) in [7, 11) is 1.57. The van der Waals surface area contributed by atoms with Gasteiger partial charge in [0.15, 0.2) is 0 Å². The Morgan fingerprint density at radius 3 is 2.35 bits per heavy atom. The molecule has 1 atom stereocenters. The highest BCUT2D eigenvalue weighted by Crippen LogP contribution is 2.41. The largest absolute Gasteiger partial charge is 0.495 e. The lowest BCUT2D eigenvalue weighted by Crippen LogP contribution is -2.30. The van der Waals surface area contributed by atoms with Crippen LogP contribution in [0.25, 0.3) is 0 Å². The summed E-state index contributed by atoms with van der Waals surface area (Å²) in [5.74, 6) is 0.527. The summed E-state index contributed by atoms with van der Waals surface area (Å²) in [5, 5.41) is 17.3. The van der Waals surface area contributed by atoms with Crippen molar-refractivity contribution < 1.29 is 9.53 Å². The molecule has 2 N–H and O–H groups in total. The molecule has 0 bridgehead atoms. The van der Waals surface area contributed by atoms with E-state index in [1.54, 1.807) is 31.0 Å².